The second-order valence-electron chi connectivity index (χ2n) is 6.67. The third kappa shape index (κ3) is 21.4. The Morgan fingerprint density at radius 2 is 0.913 bits per heavy atom. The van der Waals surface area contributed by atoms with Gasteiger partial charge in [-0.05, 0) is 12.8 Å². The van der Waals surface area contributed by atoms with Crippen LogP contribution in [-0.2, 0) is 9.63 Å². The summed E-state index contributed by atoms with van der Waals surface area (Å²) in [6.45, 7) is 0.697. The lowest BCUT2D eigenvalue weighted by Gasteiger charge is -2.03. The molecule has 0 saturated heterocycles. The molecule has 138 valence electrons. The first-order valence-corrected chi connectivity index (χ1v) is 9.81. The Morgan fingerprint density at radius 1 is 0.609 bits per heavy atom. The van der Waals surface area contributed by atoms with Gasteiger partial charge in [-0.25, -0.2) is 5.90 Å². The van der Waals surface area contributed by atoms with Gasteiger partial charge in [-0.3, -0.25) is 4.79 Å². The number of nitrogens with two attached hydrogens (primary N) is 1. The van der Waals surface area contributed by atoms with Crippen molar-refractivity contribution in [2.45, 2.75) is 109 Å². The molecule has 0 heterocycles. The van der Waals surface area contributed by atoms with E-state index in [-0.39, 0.29) is 0 Å². The van der Waals surface area contributed by atoms with Crippen LogP contribution in [0.15, 0.2) is 0 Å². The molecule has 0 unspecified atom stereocenters. The topological polar surface area (TPSA) is 72.5 Å². The molecule has 0 aromatic rings. The third-order valence-corrected chi connectivity index (χ3v) is 4.40. The van der Waals surface area contributed by atoms with Gasteiger partial charge in [-0.2, -0.15) is 0 Å². The van der Waals surface area contributed by atoms with Gasteiger partial charge < -0.3 is 9.94 Å². The fourth-order valence-corrected chi connectivity index (χ4v) is 2.94. The molecular weight excluding hydrogens is 290 g/mol. The fourth-order valence-electron chi connectivity index (χ4n) is 2.94. The van der Waals surface area contributed by atoms with Crippen LogP contribution in [0.1, 0.15) is 109 Å². The third-order valence-electron chi connectivity index (χ3n) is 4.40. The van der Waals surface area contributed by atoms with Crippen molar-refractivity contribution in [2.24, 2.45) is 5.90 Å². The smallest absolute Gasteiger partial charge is 0.303 e. The number of carboxylic acid groups (broad SMARTS) is 1. The molecule has 0 rings (SSSR count). The molecule has 3 N–H and O–H groups in total. The minimum atomic E-state index is -0.661. The molecular formula is C19H39NO3. The van der Waals surface area contributed by atoms with Crippen molar-refractivity contribution < 1.29 is 14.7 Å². The van der Waals surface area contributed by atoms with E-state index in [0.717, 1.165) is 19.3 Å². The predicted octanol–water partition coefficient (Wildman–Crippen LogP) is 5.59. The minimum absolute atomic E-state index is 0.335. The van der Waals surface area contributed by atoms with Crippen LogP contribution in [0.3, 0.4) is 0 Å². The van der Waals surface area contributed by atoms with Gasteiger partial charge in [0, 0.05) is 6.42 Å². The van der Waals surface area contributed by atoms with Gasteiger partial charge >= 0.3 is 5.97 Å². The second-order valence-corrected chi connectivity index (χ2v) is 6.67. The number of aliphatic carboxylic acids is 1. The molecule has 4 nitrogen and oxygen atoms in total. The van der Waals surface area contributed by atoms with Gasteiger partial charge in [0.2, 0.25) is 0 Å². The van der Waals surface area contributed by atoms with Gasteiger partial charge in [0.25, 0.3) is 0 Å². The average Bonchev–Trinajstić information content (AvgIpc) is 2.53. The van der Waals surface area contributed by atoms with E-state index < -0.39 is 5.97 Å². The molecule has 0 aliphatic carbocycles. The lowest BCUT2D eigenvalue weighted by molar-refractivity contribution is -0.137. The van der Waals surface area contributed by atoms with E-state index in [0.29, 0.717) is 13.0 Å². The van der Waals surface area contributed by atoms with E-state index in [4.69, 9.17) is 11.0 Å². The summed E-state index contributed by atoms with van der Waals surface area (Å²) in [4.78, 5) is 14.9. The van der Waals surface area contributed by atoms with Crippen molar-refractivity contribution in [3.63, 3.8) is 0 Å². The van der Waals surface area contributed by atoms with Crippen molar-refractivity contribution in [2.75, 3.05) is 6.61 Å². The van der Waals surface area contributed by atoms with Crippen molar-refractivity contribution >= 4 is 5.97 Å². The molecule has 4 heteroatoms. The number of carbonyl (C=O) groups is 1. The molecule has 0 aromatic carbocycles. The molecule has 0 bridgehead atoms. The number of hydrogen-bond acceptors (Lipinski definition) is 3. The zero-order chi connectivity index (χ0) is 17.0. The Balaban J connectivity index is 2.96. The summed E-state index contributed by atoms with van der Waals surface area (Å²) in [6.07, 6.45) is 20.7. The van der Waals surface area contributed by atoms with E-state index in [1.807, 2.05) is 0 Å². The Hall–Kier alpha value is -0.610. The lowest BCUT2D eigenvalue weighted by Crippen LogP contribution is -2.00. The second kappa shape index (κ2) is 19.4. The molecule has 0 saturated carbocycles. The summed E-state index contributed by atoms with van der Waals surface area (Å²) < 4.78 is 0. The van der Waals surface area contributed by atoms with Crippen LogP contribution in [0.25, 0.3) is 0 Å². The first-order valence-electron chi connectivity index (χ1n) is 9.81. The van der Waals surface area contributed by atoms with Gasteiger partial charge in [0.15, 0.2) is 0 Å². The number of hydrogen-bond donors (Lipinski definition) is 2. The van der Waals surface area contributed by atoms with Crippen LogP contribution in [0.2, 0.25) is 0 Å². The van der Waals surface area contributed by atoms with E-state index in [2.05, 4.69) is 4.84 Å². The summed E-state index contributed by atoms with van der Waals surface area (Å²) in [7, 11) is 0. The fraction of sp³-hybridized carbons (Fsp3) is 0.947. The highest BCUT2D eigenvalue weighted by Gasteiger charge is 1.97. The number of carboxylic acids is 1. The molecule has 0 aliphatic rings. The first-order chi connectivity index (χ1) is 11.3. The van der Waals surface area contributed by atoms with E-state index >= 15 is 0 Å². The molecule has 0 aromatic heterocycles. The zero-order valence-corrected chi connectivity index (χ0v) is 15.1. The summed E-state index contributed by atoms with van der Waals surface area (Å²) in [5.41, 5.74) is 0. The molecule has 0 aliphatic heterocycles. The van der Waals surface area contributed by atoms with E-state index in [1.54, 1.807) is 0 Å². The summed E-state index contributed by atoms with van der Waals surface area (Å²) in [6, 6.07) is 0. The Morgan fingerprint density at radius 3 is 1.22 bits per heavy atom. The average molecular weight is 330 g/mol. The van der Waals surface area contributed by atoms with Crippen LogP contribution >= 0.6 is 0 Å². The highest BCUT2D eigenvalue weighted by molar-refractivity contribution is 5.66. The maximum Gasteiger partial charge on any atom is 0.303 e. The van der Waals surface area contributed by atoms with Gasteiger partial charge in [0.1, 0.15) is 0 Å². The van der Waals surface area contributed by atoms with Crippen LogP contribution < -0.4 is 5.90 Å². The lowest BCUT2D eigenvalue weighted by atomic mass is 10.0. The van der Waals surface area contributed by atoms with Crippen LogP contribution in [-0.4, -0.2) is 17.7 Å². The SMILES string of the molecule is NOCCCCCCCCCCCCCCCCCCC(=O)O. The largest absolute Gasteiger partial charge is 0.481 e. The number of unbranched alkanes of at least 4 members (excludes halogenated alkanes) is 15. The first kappa shape index (κ1) is 22.4. The Labute approximate surface area is 143 Å². The van der Waals surface area contributed by atoms with Crippen molar-refractivity contribution in [1.82, 2.24) is 0 Å². The molecule has 0 atom stereocenters. The van der Waals surface area contributed by atoms with E-state index in [1.165, 1.54) is 83.5 Å². The van der Waals surface area contributed by atoms with Gasteiger partial charge in [-0.1, -0.05) is 89.9 Å². The monoisotopic (exact) mass is 329 g/mol. The number of rotatable bonds is 19. The van der Waals surface area contributed by atoms with Crippen molar-refractivity contribution in [3.05, 3.63) is 0 Å². The molecule has 0 radical (unpaired) electrons. The summed E-state index contributed by atoms with van der Waals surface area (Å²) >= 11 is 0. The highest BCUT2D eigenvalue weighted by Crippen LogP contribution is 2.14. The Kier molecular flexibility index (Phi) is 18.9. The van der Waals surface area contributed by atoms with Crippen molar-refractivity contribution in [3.8, 4) is 0 Å². The van der Waals surface area contributed by atoms with Gasteiger partial charge in [0.05, 0.1) is 6.61 Å². The normalized spacial score (nSPS) is 11.0. The van der Waals surface area contributed by atoms with Crippen LogP contribution in [0.4, 0.5) is 0 Å². The van der Waals surface area contributed by atoms with Crippen molar-refractivity contribution in [1.29, 1.82) is 0 Å². The van der Waals surface area contributed by atoms with E-state index in [9.17, 15) is 4.79 Å². The predicted molar refractivity (Wildman–Crippen MR) is 96.3 cm³/mol. The molecule has 0 fully saturated rings. The summed E-state index contributed by atoms with van der Waals surface area (Å²) in [5, 5.41) is 8.54. The highest BCUT2D eigenvalue weighted by atomic mass is 16.6. The Bertz CT molecular complexity index is 247. The summed E-state index contributed by atoms with van der Waals surface area (Å²) in [5.74, 6) is 4.32. The standard InChI is InChI=1S/C19H39NO3/c20-23-18-16-14-12-10-8-6-4-2-1-3-5-7-9-11-13-15-17-19(21)22/h1-18,20H2,(H,21,22). The quantitative estimate of drug-likeness (QED) is 0.239. The van der Waals surface area contributed by atoms with Gasteiger partial charge in [-0.15, -0.1) is 0 Å². The molecule has 23 heavy (non-hydrogen) atoms. The zero-order valence-electron chi connectivity index (χ0n) is 15.1. The maximum absolute atomic E-state index is 10.4. The maximum atomic E-state index is 10.4. The van der Waals surface area contributed by atoms with Crippen LogP contribution in [0.5, 0.6) is 0 Å². The molecule has 0 spiro atoms. The molecule has 0 amide bonds. The van der Waals surface area contributed by atoms with Crippen LogP contribution in [0, 0.1) is 0 Å². The minimum Gasteiger partial charge on any atom is -0.481 e.